The molecular formula is C18H20N7OS+. The maximum atomic E-state index is 5.71. The molecule has 0 aliphatic heterocycles. The second kappa shape index (κ2) is 7.85. The molecule has 4 aromatic heterocycles. The van der Waals surface area contributed by atoms with Gasteiger partial charge < -0.3 is 0 Å². The molecule has 0 N–H and O–H groups in total. The van der Waals surface area contributed by atoms with Crippen molar-refractivity contribution in [2.75, 3.05) is 18.6 Å². The van der Waals surface area contributed by atoms with Crippen LogP contribution in [0.2, 0.25) is 0 Å². The van der Waals surface area contributed by atoms with Gasteiger partial charge in [0.05, 0.1) is 12.7 Å². The molecule has 0 aliphatic rings. The molecule has 0 saturated carbocycles. The van der Waals surface area contributed by atoms with Gasteiger partial charge in [0.25, 0.3) is 0 Å². The molecule has 0 spiro atoms. The molecule has 27 heavy (non-hydrogen) atoms. The summed E-state index contributed by atoms with van der Waals surface area (Å²) in [4.78, 5) is 4.53. The minimum absolute atomic E-state index is 0.00795. The summed E-state index contributed by atoms with van der Waals surface area (Å²) >= 11 is 0.00795. The third-order valence-electron chi connectivity index (χ3n) is 4.15. The van der Waals surface area contributed by atoms with Crippen LogP contribution in [0.4, 0.5) is 0 Å². The Morgan fingerprint density at radius 3 is 2.81 bits per heavy atom. The molecule has 4 heterocycles. The lowest BCUT2D eigenvalue weighted by Gasteiger charge is -2.01. The van der Waals surface area contributed by atoms with Gasteiger partial charge >= 0.3 is 0 Å². The minimum Gasteiger partial charge on any atom is -0.281 e. The summed E-state index contributed by atoms with van der Waals surface area (Å²) in [5, 5.41) is 16.8. The lowest BCUT2D eigenvalue weighted by molar-refractivity contribution is 0.327. The first-order valence-corrected chi connectivity index (χ1v) is 10.4. The number of hydrogen-bond acceptors (Lipinski definition) is 6. The van der Waals surface area contributed by atoms with E-state index in [1.807, 2.05) is 47.1 Å². The Labute approximate surface area is 159 Å². The number of fused-ring (bicyclic) bond motifs is 1. The van der Waals surface area contributed by atoms with Crippen molar-refractivity contribution >= 4 is 16.8 Å². The topological polar surface area (TPSA) is 83.0 Å². The van der Waals surface area contributed by atoms with Gasteiger partial charge in [-0.3, -0.25) is 9.38 Å². The second-order valence-electron chi connectivity index (χ2n) is 5.94. The van der Waals surface area contributed by atoms with Crippen LogP contribution in [0.5, 0.6) is 0 Å². The zero-order chi connectivity index (χ0) is 18.6. The summed E-state index contributed by atoms with van der Waals surface area (Å²) in [6, 6.07) is 9.68. The van der Waals surface area contributed by atoms with E-state index in [2.05, 4.69) is 38.7 Å². The number of pyridine rings is 2. The molecule has 0 amide bonds. The van der Waals surface area contributed by atoms with Crippen molar-refractivity contribution in [1.82, 2.24) is 34.6 Å². The monoisotopic (exact) mass is 382 g/mol. The van der Waals surface area contributed by atoms with Crippen LogP contribution >= 0.6 is 0 Å². The molecule has 0 aliphatic carbocycles. The van der Waals surface area contributed by atoms with Gasteiger partial charge in [0.2, 0.25) is 0 Å². The van der Waals surface area contributed by atoms with Crippen LogP contribution in [-0.2, 0) is 21.9 Å². The van der Waals surface area contributed by atoms with Gasteiger partial charge in [-0.25, -0.2) is 4.68 Å². The van der Waals surface area contributed by atoms with Crippen LogP contribution in [0.3, 0.4) is 0 Å². The summed E-state index contributed by atoms with van der Waals surface area (Å²) in [7, 11) is 0. The Morgan fingerprint density at radius 2 is 2.00 bits per heavy atom. The summed E-state index contributed by atoms with van der Waals surface area (Å²) in [5.41, 5.74) is 3.24. The Morgan fingerprint density at radius 1 is 1.07 bits per heavy atom. The van der Waals surface area contributed by atoms with Gasteiger partial charge in [0.1, 0.15) is 41.2 Å². The maximum Gasteiger partial charge on any atom is 0.186 e. The van der Waals surface area contributed by atoms with Crippen molar-refractivity contribution in [2.24, 2.45) is 0 Å². The molecule has 4 rings (SSSR count). The summed E-state index contributed by atoms with van der Waals surface area (Å²) < 4.78 is 9.42. The lowest BCUT2D eigenvalue weighted by Crippen LogP contribution is -2.12. The van der Waals surface area contributed by atoms with Crippen LogP contribution in [0, 0.1) is 0 Å². The molecule has 1 unspecified atom stereocenters. The predicted octanol–water partition coefficient (Wildman–Crippen LogP) is 2.25. The highest BCUT2D eigenvalue weighted by molar-refractivity contribution is 7.91. The molecule has 0 aromatic carbocycles. The highest BCUT2D eigenvalue weighted by atomic mass is 32.2. The summed E-state index contributed by atoms with van der Waals surface area (Å²) in [6.07, 6.45) is 7.71. The van der Waals surface area contributed by atoms with E-state index in [0.29, 0.717) is 19.0 Å². The molecule has 0 fully saturated rings. The second-order valence-corrected chi connectivity index (χ2v) is 7.89. The lowest BCUT2D eigenvalue weighted by atomic mass is 10.2. The van der Waals surface area contributed by atoms with Crippen LogP contribution in [0.15, 0.2) is 48.9 Å². The molecular weight excluding hydrogens is 362 g/mol. The van der Waals surface area contributed by atoms with Gasteiger partial charge in [0, 0.05) is 18.0 Å². The standard InChI is InChI=1S/C18H20N7OS/c1-3-27(2)26-11-10-24-13-16(20-23-24)14-7-8-15(19-12-14)18-22-21-17-6-4-5-9-25(17)18/h4-9,12-13H,3,10-11H2,1-2H3/q+1. The number of nitrogens with zero attached hydrogens (tertiary/aromatic N) is 7. The number of hydrogen-bond donors (Lipinski definition) is 0. The fourth-order valence-corrected chi connectivity index (χ4v) is 3.12. The number of rotatable bonds is 7. The first-order chi connectivity index (χ1) is 13.2. The largest absolute Gasteiger partial charge is 0.281 e. The van der Waals surface area contributed by atoms with Crippen molar-refractivity contribution in [3.05, 3.63) is 48.9 Å². The average molecular weight is 382 g/mol. The fraction of sp³-hybridized carbons (Fsp3) is 0.278. The molecule has 0 radical (unpaired) electrons. The Kier molecular flexibility index (Phi) is 5.12. The minimum atomic E-state index is 0.00795. The van der Waals surface area contributed by atoms with E-state index in [4.69, 9.17) is 4.18 Å². The third kappa shape index (κ3) is 3.83. The van der Waals surface area contributed by atoms with Gasteiger partial charge in [-0.1, -0.05) is 11.3 Å². The van der Waals surface area contributed by atoms with E-state index in [1.54, 1.807) is 10.9 Å². The van der Waals surface area contributed by atoms with Gasteiger partial charge in [-0.2, -0.15) is 4.18 Å². The van der Waals surface area contributed by atoms with Crippen molar-refractivity contribution in [3.63, 3.8) is 0 Å². The van der Waals surface area contributed by atoms with E-state index in [9.17, 15) is 0 Å². The summed E-state index contributed by atoms with van der Waals surface area (Å²) in [5.74, 6) is 1.74. The fourth-order valence-electron chi connectivity index (χ4n) is 2.59. The zero-order valence-corrected chi connectivity index (χ0v) is 16.0. The smallest absolute Gasteiger partial charge is 0.186 e. The van der Waals surface area contributed by atoms with Crippen molar-refractivity contribution < 1.29 is 4.18 Å². The van der Waals surface area contributed by atoms with Crippen molar-refractivity contribution in [2.45, 2.75) is 13.5 Å². The van der Waals surface area contributed by atoms with Gasteiger partial charge in [0.15, 0.2) is 11.5 Å². The first kappa shape index (κ1) is 17.6. The normalized spacial score (nSPS) is 12.5. The average Bonchev–Trinajstić information content (AvgIpc) is 3.35. The Hall–Kier alpha value is -2.78. The maximum absolute atomic E-state index is 5.71. The first-order valence-electron chi connectivity index (χ1n) is 8.67. The van der Waals surface area contributed by atoms with E-state index < -0.39 is 0 Å². The van der Waals surface area contributed by atoms with Crippen molar-refractivity contribution in [1.29, 1.82) is 0 Å². The Balaban J connectivity index is 1.48. The molecule has 1 atom stereocenters. The molecule has 8 nitrogen and oxygen atoms in total. The van der Waals surface area contributed by atoms with Gasteiger partial charge in [-0.15, -0.1) is 15.3 Å². The Bertz CT molecular complexity index is 1030. The van der Waals surface area contributed by atoms with Gasteiger partial charge in [-0.05, 0) is 31.2 Å². The molecule has 138 valence electrons. The van der Waals surface area contributed by atoms with E-state index in [-0.39, 0.29) is 11.2 Å². The van der Waals surface area contributed by atoms with Crippen molar-refractivity contribution in [3.8, 4) is 22.8 Å². The summed E-state index contributed by atoms with van der Waals surface area (Å²) in [6.45, 7) is 3.44. The van der Waals surface area contributed by atoms with Crippen LogP contribution < -0.4 is 0 Å². The predicted molar refractivity (Wildman–Crippen MR) is 105 cm³/mol. The van der Waals surface area contributed by atoms with Crippen LogP contribution in [0.1, 0.15) is 6.92 Å². The number of aromatic nitrogens is 7. The zero-order valence-electron chi connectivity index (χ0n) is 15.2. The van der Waals surface area contributed by atoms with Crippen LogP contribution in [0.25, 0.3) is 28.4 Å². The molecule has 0 bridgehead atoms. The SMILES string of the molecule is CC[S+](C)OCCn1cc(-c2ccc(-c3nnc4ccccn34)nc2)nn1. The van der Waals surface area contributed by atoms with E-state index >= 15 is 0 Å². The molecule has 9 heteroatoms. The molecule has 0 saturated heterocycles. The van der Waals surface area contributed by atoms with E-state index in [0.717, 1.165) is 28.4 Å². The quantitative estimate of drug-likeness (QED) is 0.456. The van der Waals surface area contributed by atoms with E-state index in [1.165, 1.54) is 0 Å². The highest BCUT2D eigenvalue weighted by Gasteiger charge is 2.12. The highest BCUT2D eigenvalue weighted by Crippen LogP contribution is 2.20. The van der Waals surface area contributed by atoms with Crippen LogP contribution in [-0.4, -0.2) is 53.2 Å². The third-order valence-corrected chi connectivity index (χ3v) is 5.53. The molecule has 4 aromatic rings.